The van der Waals surface area contributed by atoms with Gasteiger partial charge in [0.25, 0.3) is 11.8 Å². The number of rotatable bonds is 1. The molecule has 1 aromatic rings. The van der Waals surface area contributed by atoms with Crippen LogP contribution in [0.5, 0.6) is 5.75 Å². The zero-order valence-corrected chi connectivity index (χ0v) is 10.7. The van der Waals surface area contributed by atoms with Crippen molar-refractivity contribution in [2.75, 3.05) is 0 Å². The highest BCUT2D eigenvalue weighted by atomic mass is 127. The SMILES string of the molecule is O=[N+]([O-])C1=Cc2cc(I)ccc2OC1C(F)(F)F. The highest BCUT2D eigenvalue weighted by Crippen LogP contribution is 2.37. The van der Waals surface area contributed by atoms with Crippen molar-refractivity contribution in [2.24, 2.45) is 0 Å². The van der Waals surface area contributed by atoms with Gasteiger partial charge in [0.2, 0.25) is 0 Å². The molecule has 0 amide bonds. The van der Waals surface area contributed by atoms with Crippen molar-refractivity contribution >= 4 is 28.7 Å². The molecule has 0 bridgehead atoms. The Morgan fingerprint density at radius 1 is 1.39 bits per heavy atom. The second-order valence-corrected chi connectivity index (χ2v) is 4.79. The molecule has 4 nitrogen and oxygen atoms in total. The Bertz CT molecular complexity index is 542. The van der Waals surface area contributed by atoms with Gasteiger partial charge in [-0.3, -0.25) is 10.1 Å². The highest BCUT2D eigenvalue weighted by Gasteiger charge is 2.51. The molecule has 0 saturated carbocycles. The van der Waals surface area contributed by atoms with Crippen molar-refractivity contribution in [1.82, 2.24) is 0 Å². The summed E-state index contributed by atoms with van der Waals surface area (Å²) in [7, 11) is 0. The lowest BCUT2D eigenvalue weighted by atomic mass is 10.1. The lowest BCUT2D eigenvalue weighted by Crippen LogP contribution is -2.40. The maximum Gasteiger partial charge on any atom is 0.436 e. The highest BCUT2D eigenvalue weighted by molar-refractivity contribution is 14.1. The van der Waals surface area contributed by atoms with E-state index in [1.54, 1.807) is 6.07 Å². The van der Waals surface area contributed by atoms with E-state index in [4.69, 9.17) is 0 Å². The Kier molecular flexibility index (Phi) is 3.21. The fourth-order valence-electron chi connectivity index (χ4n) is 1.54. The van der Waals surface area contributed by atoms with Crippen LogP contribution in [-0.4, -0.2) is 17.2 Å². The van der Waals surface area contributed by atoms with E-state index in [2.05, 4.69) is 4.74 Å². The molecule has 0 fully saturated rings. The first kappa shape index (κ1) is 13.1. The summed E-state index contributed by atoms with van der Waals surface area (Å²) in [6.07, 6.45) is -6.45. The van der Waals surface area contributed by atoms with Gasteiger partial charge in [-0.15, -0.1) is 0 Å². The Morgan fingerprint density at radius 3 is 2.61 bits per heavy atom. The summed E-state index contributed by atoms with van der Waals surface area (Å²) < 4.78 is 43.4. The number of fused-ring (bicyclic) bond motifs is 1. The van der Waals surface area contributed by atoms with Gasteiger partial charge < -0.3 is 4.74 Å². The third-order valence-electron chi connectivity index (χ3n) is 2.30. The molecular weight excluding hydrogens is 366 g/mol. The second kappa shape index (κ2) is 4.41. The van der Waals surface area contributed by atoms with Crippen molar-refractivity contribution in [3.05, 3.63) is 43.1 Å². The van der Waals surface area contributed by atoms with E-state index in [0.717, 1.165) is 9.65 Å². The molecule has 1 aliphatic heterocycles. The van der Waals surface area contributed by atoms with Crippen LogP contribution in [0.25, 0.3) is 6.08 Å². The first-order valence-corrected chi connectivity index (χ1v) is 5.76. The van der Waals surface area contributed by atoms with E-state index in [1.807, 2.05) is 22.6 Å². The maximum absolute atomic E-state index is 12.7. The van der Waals surface area contributed by atoms with Crippen LogP contribution < -0.4 is 4.74 Å². The van der Waals surface area contributed by atoms with E-state index in [9.17, 15) is 23.3 Å². The van der Waals surface area contributed by atoms with Crippen molar-refractivity contribution in [1.29, 1.82) is 0 Å². The van der Waals surface area contributed by atoms with E-state index in [1.165, 1.54) is 12.1 Å². The predicted molar refractivity (Wildman–Crippen MR) is 64.6 cm³/mol. The number of nitro groups is 1. The molecule has 1 unspecified atom stereocenters. The van der Waals surface area contributed by atoms with Crippen LogP contribution in [0.3, 0.4) is 0 Å². The van der Waals surface area contributed by atoms with Crippen molar-refractivity contribution in [3.8, 4) is 5.75 Å². The number of ether oxygens (including phenoxy) is 1. The van der Waals surface area contributed by atoms with Crippen molar-refractivity contribution in [2.45, 2.75) is 12.3 Å². The Balaban J connectivity index is 2.53. The van der Waals surface area contributed by atoms with E-state index in [0.29, 0.717) is 0 Å². The summed E-state index contributed by atoms with van der Waals surface area (Å²) in [5.41, 5.74) is -0.730. The zero-order valence-electron chi connectivity index (χ0n) is 8.57. The smallest absolute Gasteiger partial charge is 0.436 e. The van der Waals surface area contributed by atoms with Gasteiger partial charge in [-0.2, -0.15) is 13.2 Å². The lowest BCUT2D eigenvalue weighted by molar-refractivity contribution is -0.443. The first-order chi connectivity index (χ1) is 8.29. The van der Waals surface area contributed by atoms with Crippen LogP contribution in [0.4, 0.5) is 13.2 Å². The average molecular weight is 371 g/mol. The molecule has 1 heterocycles. The van der Waals surface area contributed by atoms with Gasteiger partial charge in [0.05, 0.1) is 4.92 Å². The van der Waals surface area contributed by atoms with Crippen LogP contribution in [-0.2, 0) is 0 Å². The van der Waals surface area contributed by atoms with Crippen molar-refractivity contribution in [3.63, 3.8) is 0 Å². The first-order valence-electron chi connectivity index (χ1n) is 4.68. The van der Waals surface area contributed by atoms with Crippen LogP contribution in [0.15, 0.2) is 23.9 Å². The fourth-order valence-corrected chi connectivity index (χ4v) is 2.06. The standard InChI is InChI=1S/C10H5F3INO3/c11-10(12,13)9-7(15(16)17)4-5-3-6(14)1-2-8(5)18-9/h1-4,9H. The third-order valence-corrected chi connectivity index (χ3v) is 2.97. The van der Waals surface area contributed by atoms with Crippen LogP contribution >= 0.6 is 22.6 Å². The molecule has 1 aromatic carbocycles. The molecule has 1 atom stereocenters. The molecule has 0 aromatic heterocycles. The fraction of sp³-hybridized carbons (Fsp3) is 0.200. The van der Waals surface area contributed by atoms with Crippen molar-refractivity contribution < 1.29 is 22.8 Å². The quantitative estimate of drug-likeness (QED) is 0.433. The molecule has 0 spiro atoms. The number of benzene rings is 1. The largest absolute Gasteiger partial charge is 0.469 e. The second-order valence-electron chi connectivity index (χ2n) is 3.55. The van der Waals surface area contributed by atoms with Crippen LogP contribution in [0, 0.1) is 13.7 Å². The topological polar surface area (TPSA) is 52.4 Å². The predicted octanol–water partition coefficient (Wildman–Crippen LogP) is 3.23. The lowest BCUT2D eigenvalue weighted by Gasteiger charge is -2.24. The number of nitrogens with zero attached hydrogens (tertiary/aromatic N) is 1. The molecular formula is C10H5F3INO3. The minimum atomic E-state index is -4.82. The molecule has 8 heteroatoms. The average Bonchev–Trinajstić information content (AvgIpc) is 2.25. The van der Waals surface area contributed by atoms with E-state index >= 15 is 0 Å². The monoisotopic (exact) mass is 371 g/mol. The summed E-state index contributed by atoms with van der Waals surface area (Å²) in [5, 5.41) is 10.7. The molecule has 0 saturated heterocycles. The van der Waals surface area contributed by atoms with Gasteiger partial charge >= 0.3 is 6.18 Å². The number of alkyl halides is 3. The van der Waals surface area contributed by atoms with E-state index < -0.39 is 22.9 Å². The Labute approximate surface area is 113 Å². The van der Waals surface area contributed by atoms with Gasteiger partial charge in [-0.1, -0.05) is 0 Å². The van der Waals surface area contributed by atoms with Gasteiger partial charge in [0.1, 0.15) is 5.75 Å². The minimum Gasteiger partial charge on any atom is -0.469 e. The minimum absolute atomic E-state index is 0.0108. The van der Waals surface area contributed by atoms with Gasteiger partial charge in [-0.05, 0) is 40.8 Å². The number of hydrogen-bond donors (Lipinski definition) is 0. The summed E-state index contributed by atoms with van der Waals surface area (Å²) in [6.45, 7) is 0. The zero-order chi connectivity index (χ0) is 13.5. The van der Waals surface area contributed by atoms with Gasteiger partial charge in [0, 0.05) is 15.2 Å². The summed E-state index contributed by atoms with van der Waals surface area (Å²) >= 11 is 1.95. The summed E-state index contributed by atoms with van der Waals surface area (Å²) in [4.78, 5) is 9.59. The third kappa shape index (κ3) is 2.42. The van der Waals surface area contributed by atoms with Gasteiger partial charge in [0.15, 0.2) is 0 Å². The number of halogens is 4. The van der Waals surface area contributed by atoms with Crippen LogP contribution in [0.2, 0.25) is 0 Å². The normalized spacial score (nSPS) is 18.7. The molecule has 18 heavy (non-hydrogen) atoms. The molecule has 0 N–H and O–H groups in total. The molecule has 1 aliphatic rings. The van der Waals surface area contributed by atoms with Gasteiger partial charge in [-0.25, -0.2) is 0 Å². The Hall–Kier alpha value is -1.32. The summed E-state index contributed by atoms with van der Waals surface area (Å²) in [5.74, 6) is -0.0108. The number of hydrogen-bond acceptors (Lipinski definition) is 3. The summed E-state index contributed by atoms with van der Waals surface area (Å²) in [6, 6.07) is 4.45. The van der Waals surface area contributed by atoms with E-state index in [-0.39, 0.29) is 11.3 Å². The Morgan fingerprint density at radius 2 is 2.06 bits per heavy atom. The molecule has 0 aliphatic carbocycles. The van der Waals surface area contributed by atoms with Crippen LogP contribution in [0.1, 0.15) is 5.56 Å². The maximum atomic E-state index is 12.7. The molecule has 0 radical (unpaired) electrons. The molecule has 2 rings (SSSR count). The molecule has 96 valence electrons.